The minimum Gasteiger partial charge on any atom is -0.310 e. The molecule has 1 N–H and O–H groups in total. The fourth-order valence-electron chi connectivity index (χ4n) is 2.63. The first-order chi connectivity index (χ1) is 8.72. The third-order valence-corrected chi connectivity index (χ3v) is 4.19. The van der Waals surface area contributed by atoms with Gasteiger partial charge >= 0.3 is 0 Å². The fraction of sp³-hybridized carbons (Fsp3) is 0.533. The van der Waals surface area contributed by atoms with Gasteiger partial charge in [0, 0.05) is 16.6 Å². The molecule has 0 saturated heterocycles. The summed E-state index contributed by atoms with van der Waals surface area (Å²) in [5.41, 5.74) is 2.92. The van der Waals surface area contributed by atoms with Gasteiger partial charge in [0.1, 0.15) is 0 Å². The van der Waals surface area contributed by atoms with Crippen LogP contribution in [0.1, 0.15) is 37.3 Å². The Morgan fingerprint density at radius 3 is 3.06 bits per heavy atom. The number of fused-ring (bicyclic) bond motifs is 1. The van der Waals surface area contributed by atoms with Gasteiger partial charge in [0.25, 0.3) is 0 Å². The number of rotatable bonds is 4. The maximum atomic E-state index is 8.79. The third-order valence-electron chi connectivity index (χ3n) is 3.70. The minimum atomic E-state index is 0.344. The van der Waals surface area contributed by atoms with E-state index in [0.29, 0.717) is 18.5 Å². The molecule has 0 spiro atoms. The standard InChI is InChI=1S/C15H19BrN2/c1-2-14(7-8-17)18-15-6-4-11-9-13(16)5-3-12(11)10-15/h3,5,9,14-15,18H,2,4,6-7,10H2,1H3. The summed E-state index contributed by atoms with van der Waals surface area (Å²) < 4.78 is 1.17. The van der Waals surface area contributed by atoms with Gasteiger partial charge < -0.3 is 5.32 Å². The predicted molar refractivity (Wildman–Crippen MR) is 77.4 cm³/mol. The molecule has 0 bridgehead atoms. The molecule has 1 aromatic carbocycles. The van der Waals surface area contributed by atoms with Crippen LogP contribution in [0.15, 0.2) is 22.7 Å². The van der Waals surface area contributed by atoms with E-state index in [2.05, 4.69) is 52.4 Å². The van der Waals surface area contributed by atoms with Gasteiger partial charge in [-0.05, 0) is 48.9 Å². The van der Waals surface area contributed by atoms with Crippen LogP contribution < -0.4 is 5.32 Å². The zero-order valence-electron chi connectivity index (χ0n) is 10.7. The van der Waals surface area contributed by atoms with Crippen molar-refractivity contribution < 1.29 is 0 Å². The molecule has 0 aromatic heterocycles. The van der Waals surface area contributed by atoms with Crippen LogP contribution >= 0.6 is 15.9 Å². The summed E-state index contributed by atoms with van der Waals surface area (Å²) in [4.78, 5) is 0. The number of hydrogen-bond acceptors (Lipinski definition) is 2. The van der Waals surface area contributed by atoms with Crippen molar-refractivity contribution in [1.29, 1.82) is 5.26 Å². The van der Waals surface area contributed by atoms with Crippen LogP contribution in [0.4, 0.5) is 0 Å². The van der Waals surface area contributed by atoms with Gasteiger partial charge in [-0.1, -0.05) is 28.9 Å². The van der Waals surface area contributed by atoms with Crippen LogP contribution in [0, 0.1) is 11.3 Å². The summed E-state index contributed by atoms with van der Waals surface area (Å²) in [7, 11) is 0. The Morgan fingerprint density at radius 2 is 2.33 bits per heavy atom. The summed E-state index contributed by atoms with van der Waals surface area (Å²) in [5, 5.41) is 12.4. The highest BCUT2D eigenvalue weighted by molar-refractivity contribution is 9.10. The number of hydrogen-bond donors (Lipinski definition) is 1. The highest BCUT2D eigenvalue weighted by Gasteiger charge is 2.20. The molecule has 2 nitrogen and oxygen atoms in total. The molecular weight excluding hydrogens is 288 g/mol. The normalized spacial score (nSPS) is 19.9. The lowest BCUT2D eigenvalue weighted by Crippen LogP contribution is -2.41. The smallest absolute Gasteiger partial charge is 0.0638 e. The summed E-state index contributed by atoms with van der Waals surface area (Å²) in [6.45, 7) is 2.14. The molecule has 1 aliphatic rings. The van der Waals surface area contributed by atoms with E-state index in [9.17, 15) is 0 Å². The van der Waals surface area contributed by atoms with Crippen LogP contribution in [0.25, 0.3) is 0 Å². The zero-order valence-corrected chi connectivity index (χ0v) is 12.3. The lowest BCUT2D eigenvalue weighted by atomic mass is 9.88. The van der Waals surface area contributed by atoms with Crippen LogP contribution in [-0.4, -0.2) is 12.1 Å². The molecule has 0 aliphatic heterocycles. The summed E-state index contributed by atoms with van der Waals surface area (Å²) in [6, 6.07) is 9.71. The van der Waals surface area contributed by atoms with E-state index in [0.717, 1.165) is 19.3 Å². The molecule has 2 atom stereocenters. The molecule has 0 saturated carbocycles. The summed E-state index contributed by atoms with van der Waals surface area (Å²) >= 11 is 3.53. The molecule has 0 radical (unpaired) electrons. The van der Waals surface area contributed by atoms with E-state index in [1.807, 2.05) is 0 Å². The Balaban J connectivity index is 1.99. The predicted octanol–water partition coefficient (Wildman–Crippen LogP) is 3.59. The Kier molecular flexibility index (Phi) is 4.79. The highest BCUT2D eigenvalue weighted by atomic mass is 79.9. The van der Waals surface area contributed by atoms with Crippen molar-refractivity contribution in [3.05, 3.63) is 33.8 Å². The molecule has 96 valence electrons. The number of aryl methyl sites for hydroxylation is 1. The number of nitriles is 1. The number of benzene rings is 1. The van der Waals surface area contributed by atoms with Crippen molar-refractivity contribution in [2.75, 3.05) is 0 Å². The van der Waals surface area contributed by atoms with Gasteiger partial charge in [-0.25, -0.2) is 0 Å². The van der Waals surface area contributed by atoms with E-state index < -0.39 is 0 Å². The van der Waals surface area contributed by atoms with Gasteiger partial charge in [-0.15, -0.1) is 0 Å². The fourth-order valence-corrected chi connectivity index (χ4v) is 3.04. The Morgan fingerprint density at radius 1 is 1.50 bits per heavy atom. The van der Waals surface area contributed by atoms with Crippen molar-refractivity contribution in [1.82, 2.24) is 5.32 Å². The Bertz CT molecular complexity index is 450. The summed E-state index contributed by atoms with van der Waals surface area (Å²) in [6.07, 6.45) is 5.03. The topological polar surface area (TPSA) is 35.8 Å². The van der Waals surface area contributed by atoms with Gasteiger partial charge in [-0.2, -0.15) is 5.26 Å². The van der Waals surface area contributed by atoms with E-state index in [1.165, 1.54) is 22.0 Å². The average molecular weight is 307 g/mol. The highest BCUT2D eigenvalue weighted by Crippen LogP contribution is 2.25. The maximum Gasteiger partial charge on any atom is 0.0638 e. The molecular formula is C15H19BrN2. The maximum absolute atomic E-state index is 8.79. The van der Waals surface area contributed by atoms with Crippen LogP contribution in [0.2, 0.25) is 0 Å². The van der Waals surface area contributed by atoms with E-state index >= 15 is 0 Å². The van der Waals surface area contributed by atoms with E-state index in [-0.39, 0.29) is 0 Å². The second kappa shape index (κ2) is 6.36. The van der Waals surface area contributed by atoms with Crippen LogP contribution in [0.3, 0.4) is 0 Å². The van der Waals surface area contributed by atoms with Crippen LogP contribution in [-0.2, 0) is 12.8 Å². The quantitative estimate of drug-likeness (QED) is 0.923. The lowest BCUT2D eigenvalue weighted by Gasteiger charge is -2.28. The number of nitrogens with zero attached hydrogens (tertiary/aromatic N) is 1. The van der Waals surface area contributed by atoms with Crippen molar-refractivity contribution in [3.63, 3.8) is 0 Å². The lowest BCUT2D eigenvalue weighted by molar-refractivity contribution is 0.388. The number of nitrogens with one attached hydrogen (secondary N) is 1. The largest absolute Gasteiger partial charge is 0.310 e. The van der Waals surface area contributed by atoms with Crippen molar-refractivity contribution >= 4 is 15.9 Å². The molecule has 1 aliphatic carbocycles. The second-order valence-electron chi connectivity index (χ2n) is 4.99. The van der Waals surface area contributed by atoms with E-state index in [1.54, 1.807) is 0 Å². The SMILES string of the molecule is CCC(CC#N)NC1CCc2cc(Br)ccc2C1. The first kappa shape index (κ1) is 13.6. The molecule has 0 amide bonds. The monoisotopic (exact) mass is 306 g/mol. The molecule has 3 heteroatoms. The molecule has 0 fully saturated rings. The first-order valence-electron chi connectivity index (χ1n) is 6.63. The van der Waals surface area contributed by atoms with E-state index in [4.69, 9.17) is 5.26 Å². The van der Waals surface area contributed by atoms with Crippen molar-refractivity contribution in [2.24, 2.45) is 0 Å². The molecule has 2 unspecified atom stereocenters. The van der Waals surface area contributed by atoms with Crippen LogP contribution in [0.5, 0.6) is 0 Å². The van der Waals surface area contributed by atoms with Gasteiger partial charge in [0.15, 0.2) is 0 Å². The van der Waals surface area contributed by atoms with Gasteiger partial charge in [0.2, 0.25) is 0 Å². The van der Waals surface area contributed by atoms with Gasteiger partial charge in [-0.3, -0.25) is 0 Å². The average Bonchev–Trinajstić information content (AvgIpc) is 2.38. The molecule has 2 rings (SSSR count). The molecule has 18 heavy (non-hydrogen) atoms. The summed E-state index contributed by atoms with van der Waals surface area (Å²) in [5.74, 6) is 0. The number of halogens is 1. The molecule has 0 heterocycles. The second-order valence-corrected chi connectivity index (χ2v) is 5.90. The minimum absolute atomic E-state index is 0.344. The van der Waals surface area contributed by atoms with Gasteiger partial charge in [0.05, 0.1) is 12.5 Å². The Hall–Kier alpha value is -0.850. The molecule has 1 aromatic rings. The Labute approximate surface area is 118 Å². The zero-order chi connectivity index (χ0) is 13.0. The first-order valence-corrected chi connectivity index (χ1v) is 7.42. The van der Waals surface area contributed by atoms with Crippen molar-refractivity contribution in [2.45, 2.75) is 51.1 Å². The third kappa shape index (κ3) is 3.34. The van der Waals surface area contributed by atoms with Crippen molar-refractivity contribution in [3.8, 4) is 6.07 Å².